The van der Waals surface area contributed by atoms with Gasteiger partial charge in [0.05, 0.1) is 6.61 Å². The van der Waals surface area contributed by atoms with Crippen LogP contribution in [0.15, 0.2) is 29.2 Å². The molecule has 1 aromatic heterocycles. The fraction of sp³-hybridized carbons (Fsp3) is 0.333. The summed E-state index contributed by atoms with van der Waals surface area (Å²) >= 11 is 0. The minimum absolute atomic E-state index is 0.0842. The molecule has 1 atom stereocenters. The lowest BCUT2D eigenvalue weighted by molar-refractivity contribution is -0.152. The van der Waals surface area contributed by atoms with E-state index < -0.39 is 17.8 Å². The molecule has 0 aliphatic carbocycles. The van der Waals surface area contributed by atoms with E-state index in [0.29, 0.717) is 4.57 Å². The van der Waals surface area contributed by atoms with Gasteiger partial charge in [-0.15, -0.1) is 0 Å². The van der Waals surface area contributed by atoms with Crippen LogP contribution in [0, 0.1) is 0 Å². The molecule has 76 valence electrons. The zero-order valence-corrected chi connectivity index (χ0v) is 7.64. The molecule has 5 heteroatoms. The molecule has 1 heterocycles. The maximum absolute atomic E-state index is 13.3. The van der Waals surface area contributed by atoms with Gasteiger partial charge in [0.25, 0.3) is 11.9 Å². The van der Waals surface area contributed by atoms with Crippen LogP contribution in [-0.4, -0.2) is 17.1 Å². The second kappa shape index (κ2) is 4.55. The second-order valence-corrected chi connectivity index (χ2v) is 2.53. The number of esters is 1. The van der Waals surface area contributed by atoms with E-state index in [4.69, 9.17) is 0 Å². The highest BCUT2D eigenvalue weighted by Gasteiger charge is 2.20. The number of ether oxygens (including phenoxy) is 1. The smallest absolute Gasteiger partial charge is 0.362 e. The SMILES string of the molecule is CCOC(=O)C(F)n1ccccc1=O. The highest BCUT2D eigenvalue weighted by atomic mass is 19.1. The van der Waals surface area contributed by atoms with Crippen LogP contribution in [0.4, 0.5) is 4.39 Å². The van der Waals surface area contributed by atoms with Gasteiger partial charge in [-0.25, -0.2) is 9.18 Å². The van der Waals surface area contributed by atoms with Gasteiger partial charge in [0.15, 0.2) is 0 Å². The van der Waals surface area contributed by atoms with Crippen molar-refractivity contribution in [3.8, 4) is 0 Å². The van der Waals surface area contributed by atoms with Crippen molar-refractivity contribution in [1.29, 1.82) is 0 Å². The number of rotatable bonds is 3. The van der Waals surface area contributed by atoms with Crippen molar-refractivity contribution in [2.24, 2.45) is 0 Å². The van der Waals surface area contributed by atoms with Gasteiger partial charge in [-0.3, -0.25) is 9.36 Å². The number of hydrogen-bond donors (Lipinski definition) is 0. The summed E-state index contributed by atoms with van der Waals surface area (Å²) in [5.74, 6) is -1.05. The Kier molecular flexibility index (Phi) is 3.39. The number of pyridine rings is 1. The van der Waals surface area contributed by atoms with Crippen molar-refractivity contribution < 1.29 is 13.9 Å². The van der Waals surface area contributed by atoms with E-state index in [2.05, 4.69) is 4.74 Å². The number of aromatic nitrogens is 1. The fourth-order valence-corrected chi connectivity index (χ4v) is 0.952. The van der Waals surface area contributed by atoms with Gasteiger partial charge in [0.1, 0.15) is 0 Å². The standard InChI is InChI=1S/C9H10FNO3/c1-2-14-9(13)8(10)11-6-4-3-5-7(11)12/h3-6,8H,2H2,1H3. The third-order valence-electron chi connectivity index (χ3n) is 1.58. The Labute approximate surface area is 79.9 Å². The van der Waals surface area contributed by atoms with Gasteiger partial charge in [-0.2, -0.15) is 0 Å². The van der Waals surface area contributed by atoms with Crippen LogP contribution in [0.25, 0.3) is 0 Å². The summed E-state index contributed by atoms with van der Waals surface area (Å²) < 4.78 is 18.4. The number of alkyl halides is 1. The summed E-state index contributed by atoms with van der Waals surface area (Å²) in [4.78, 5) is 22.0. The lowest BCUT2D eigenvalue weighted by Gasteiger charge is -2.09. The molecule has 0 N–H and O–H groups in total. The first-order valence-corrected chi connectivity index (χ1v) is 4.14. The molecule has 1 aromatic rings. The predicted molar refractivity (Wildman–Crippen MR) is 47.5 cm³/mol. The molecule has 0 radical (unpaired) electrons. The van der Waals surface area contributed by atoms with Crippen LogP contribution in [0.5, 0.6) is 0 Å². The molecule has 0 fully saturated rings. The van der Waals surface area contributed by atoms with E-state index in [-0.39, 0.29) is 6.61 Å². The van der Waals surface area contributed by atoms with Crippen molar-refractivity contribution in [3.05, 3.63) is 34.7 Å². The maximum atomic E-state index is 13.3. The average Bonchev–Trinajstić information content (AvgIpc) is 2.18. The number of nitrogens with zero attached hydrogens (tertiary/aromatic N) is 1. The lowest BCUT2D eigenvalue weighted by Crippen LogP contribution is -2.27. The summed E-state index contributed by atoms with van der Waals surface area (Å²) in [7, 11) is 0. The molecular weight excluding hydrogens is 189 g/mol. The molecule has 0 aliphatic rings. The number of carbonyl (C=O) groups excluding carboxylic acids is 1. The highest BCUT2D eigenvalue weighted by molar-refractivity contribution is 5.72. The monoisotopic (exact) mass is 199 g/mol. The zero-order chi connectivity index (χ0) is 10.6. The predicted octanol–water partition coefficient (Wildman–Crippen LogP) is 0.879. The summed E-state index contributed by atoms with van der Waals surface area (Å²) in [6, 6.07) is 4.11. The van der Waals surface area contributed by atoms with Gasteiger partial charge in [-0.1, -0.05) is 6.07 Å². The molecular formula is C9H10FNO3. The Morgan fingerprint density at radius 1 is 1.64 bits per heavy atom. The first-order chi connectivity index (χ1) is 6.66. The third kappa shape index (κ3) is 2.18. The molecule has 4 nitrogen and oxygen atoms in total. The van der Waals surface area contributed by atoms with E-state index >= 15 is 0 Å². The van der Waals surface area contributed by atoms with Gasteiger partial charge < -0.3 is 4.74 Å². The second-order valence-electron chi connectivity index (χ2n) is 2.53. The highest BCUT2D eigenvalue weighted by Crippen LogP contribution is 2.06. The van der Waals surface area contributed by atoms with E-state index in [0.717, 1.165) is 0 Å². The maximum Gasteiger partial charge on any atom is 0.362 e. The molecule has 0 aliphatic heterocycles. The van der Waals surface area contributed by atoms with Crippen LogP contribution in [0.1, 0.15) is 13.2 Å². The number of halogens is 1. The largest absolute Gasteiger partial charge is 0.462 e. The minimum atomic E-state index is -2.07. The topological polar surface area (TPSA) is 48.3 Å². The first kappa shape index (κ1) is 10.4. The molecule has 0 spiro atoms. The van der Waals surface area contributed by atoms with Crippen molar-refractivity contribution in [3.63, 3.8) is 0 Å². The number of hydrogen-bond acceptors (Lipinski definition) is 3. The van der Waals surface area contributed by atoms with Crippen LogP contribution in [0.2, 0.25) is 0 Å². The Morgan fingerprint density at radius 3 is 2.93 bits per heavy atom. The summed E-state index contributed by atoms with van der Waals surface area (Å²) in [5, 5.41) is 0. The first-order valence-electron chi connectivity index (χ1n) is 4.14. The summed E-state index contributed by atoms with van der Waals surface area (Å²) in [6.45, 7) is 1.65. The van der Waals surface area contributed by atoms with Crippen LogP contribution in [0.3, 0.4) is 0 Å². The lowest BCUT2D eigenvalue weighted by atomic mass is 10.4. The van der Waals surface area contributed by atoms with Crippen molar-refractivity contribution >= 4 is 5.97 Å². The molecule has 0 aromatic carbocycles. The van der Waals surface area contributed by atoms with E-state index in [1.165, 1.54) is 24.4 Å². The normalized spacial score (nSPS) is 12.1. The molecule has 0 saturated carbocycles. The Bertz CT molecular complexity index is 374. The summed E-state index contributed by atoms with van der Waals surface area (Å²) in [6.07, 6.45) is -0.868. The summed E-state index contributed by atoms with van der Waals surface area (Å²) in [5.41, 5.74) is -0.576. The van der Waals surface area contributed by atoms with Gasteiger partial charge in [0.2, 0.25) is 0 Å². The Morgan fingerprint density at radius 2 is 2.36 bits per heavy atom. The Balaban J connectivity index is 2.89. The van der Waals surface area contributed by atoms with Crippen LogP contribution in [-0.2, 0) is 9.53 Å². The average molecular weight is 199 g/mol. The van der Waals surface area contributed by atoms with Crippen molar-refractivity contribution in [1.82, 2.24) is 4.57 Å². The molecule has 0 saturated heterocycles. The third-order valence-corrected chi connectivity index (χ3v) is 1.58. The molecule has 1 rings (SSSR count). The minimum Gasteiger partial charge on any atom is -0.462 e. The van der Waals surface area contributed by atoms with Crippen molar-refractivity contribution in [2.45, 2.75) is 13.2 Å². The van der Waals surface area contributed by atoms with Crippen LogP contribution >= 0.6 is 0 Å². The Hall–Kier alpha value is -1.65. The van der Waals surface area contributed by atoms with Gasteiger partial charge in [-0.05, 0) is 13.0 Å². The van der Waals surface area contributed by atoms with E-state index in [1.807, 2.05) is 0 Å². The molecule has 14 heavy (non-hydrogen) atoms. The molecule has 1 unspecified atom stereocenters. The van der Waals surface area contributed by atoms with Crippen molar-refractivity contribution in [2.75, 3.05) is 6.61 Å². The van der Waals surface area contributed by atoms with Crippen LogP contribution < -0.4 is 5.56 Å². The number of carbonyl (C=O) groups is 1. The van der Waals surface area contributed by atoms with E-state index in [1.54, 1.807) is 6.92 Å². The van der Waals surface area contributed by atoms with Gasteiger partial charge >= 0.3 is 5.97 Å². The van der Waals surface area contributed by atoms with Gasteiger partial charge in [0, 0.05) is 12.3 Å². The quantitative estimate of drug-likeness (QED) is 0.679. The molecule has 0 amide bonds. The van der Waals surface area contributed by atoms with E-state index in [9.17, 15) is 14.0 Å². The molecule has 0 bridgehead atoms. The fourth-order valence-electron chi connectivity index (χ4n) is 0.952. The zero-order valence-electron chi connectivity index (χ0n) is 7.64.